The van der Waals surface area contributed by atoms with Crippen molar-refractivity contribution < 1.29 is 9.53 Å². The van der Waals surface area contributed by atoms with Crippen molar-refractivity contribution in [1.82, 2.24) is 0 Å². The van der Waals surface area contributed by atoms with Gasteiger partial charge in [0.15, 0.2) is 0 Å². The molecule has 0 aliphatic rings. The first-order valence-electron chi connectivity index (χ1n) is 3.42. The SMILES string of the molecule is CC(C)OC(=O)CCCI. The Balaban J connectivity index is 3.26. The minimum Gasteiger partial charge on any atom is -0.463 e. The van der Waals surface area contributed by atoms with Crippen molar-refractivity contribution in [2.75, 3.05) is 4.43 Å². The van der Waals surface area contributed by atoms with Gasteiger partial charge in [-0.2, -0.15) is 0 Å². The molecule has 0 heterocycles. The van der Waals surface area contributed by atoms with Crippen LogP contribution in [-0.4, -0.2) is 16.5 Å². The van der Waals surface area contributed by atoms with Crippen molar-refractivity contribution in [2.45, 2.75) is 32.8 Å². The molecule has 0 unspecified atom stereocenters. The maximum atomic E-state index is 10.8. The maximum absolute atomic E-state index is 10.8. The van der Waals surface area contributed by atoms with E-state index in [4.69, 9.17) is 4.74 Å². The lowest BCUT2D eigenvalue weighted by molar-refractivity contribution is -0.147. The zero-order valence-electron chi connectivity index (χ0n) is 6.39. The van der Waals surface area contributed by atoms with Crippen LogP contribution in [0.1, 0.15) is 26.7 Å². The molecule has 0 rings (SSSR count). The van der Waals surface area contributed by atoms with Gasteiger partial charge >= 0.3 is 5.97 Å². The lowest BCUT2D eigenvalue weighted by atomic mass is 10.3. The first-order chi connectivity index (χ1) is 4.66. The van der Waals surface area contributed by atoms with Gasteiger partial charge in [0.2, 0.25) is 0 Å². The molecular formula is C7H13IO2. The number of carbonyl (C=O) groups excluding carboxylic acids is 1. The number of hydrogen-bond acceptors (Lipinski definition) is 2. The predicted octanol–water partition coefficient (Wildman–Crippen LogP) is 2.15. The molecule has 0 saturated heterocycles. The number of halogens is 1. The molecule has 0 N–H and O–H groups in total. The van der Waals surface area contributed by atoms with Crippen LogP contribution in [0.15, 0.2) is 0 Å². The largest absolute Gasteiger partial charge is 0.463 e. The van der Waals surface area contributed by atoms with Gasteiger partial charge < -0.3 is 4.74 Å². The highest BCUT2D eigenvalue weighted by molar-refractivity contribution is 14.1. The highest BCUT2D eigenvalue weighted by Gasteiger charge is 2.02. The van der Waals surface area contributed by atoms with Crippen LogP contribution in [0.2, 0.25) is 0 Å². The first kappa shape index (κ1) is 10.2. The lowest BCUT2D eigenvalue weighted by Crippen LogP contribution is -2.10. The van der Waals surface area contributed by atoms with Crippen LogP contribution in [0.5, 0.6) is 0 Å². The molecule has 0 aromatic rings. The Kier molecular flexibility index (Phi) is 6.06. The summed E-state index contributed by atoms with van der Waals surface area (Å²) in [6, 6.07) is 0. The van der Waals surface area contributed by atoms with Gasteiger partial charge in [-0.3, -0.25) is 4.79 Å². The van der Waals surface area contributed by atoms with E-state index < -0.39 is 0 Å². The van der Waals surface area contributed by atoms with Crippen LogP contribution < -0.4 is 0 Å². The fourth-order valence-corrected chi connectivity index (χ4v) is 0.914. The summed E-state index contributed by atoms with van der Waals surface area (Å²) >= 11 is 2.25. The van der Waals surface area contributed by atoms with E-state index in [-0.39, 0.29) is 12.1 Å². The van der Waals surface area contributed by atoms with Gasteiger partial charge in [-0.25, -0.2) is 0 Å². The summed E-state index contributed by atoms with van der Waals surface area (Å²) in [6.45, 7) is 3.73. The highest BCUT2D eigenvalue weighted by atomic mass is 127. The van der Waals surface area contributed by atoms with Crippen molar-refractivity contribution in [3.63, 3.8) is 0 Å². The van der Waals surface area contributed by atoms with E-state index in [1.807, 2.05) is 13.8 Å². The van der Waals surface area contributed by atoms with E-state index in [0.29, 0.717) is 6.42 Å². The van der Waals surface area contributed by atoms with E-state index in [0.717, 1.165) is 10.8 Å². The fraction of sp³-hybridized carbons (Fsp3) is 0.857. The molecule has 0 atom stereocenters. The van der Waals surface area contributed by atoms with Gasteiger partial charge in [0.25, 0.3) is 0 Å². The molecule has 0 saturated carbocycles. The zero-order valence-corrected chi connectivity index (χ0v) is 8.55. The van der Waals surface area contributed by atoms with Crippen LogP contribution in [0.25, 0.3) is 0 Å². The van der Waals surface area contributed by atoms with E-state index >= 15 is 0 Å². The lowest BCUT2D eigenvalue weighted by Gasteiger charge is -2.06. The average molecular weight is 256 g/mol. The van der Waals surface area contributed by atoms with Crippen molar-refractivity contribution >= 4 is 28.6 Å². The maximum Gasteiger partial charge on any atom is 0.306 e. The van der Waals surface area contributed by atoms with Crippen molar-refractivity contribution in [3.8, 4) is 0 Å². The van der Waals surface area contributed by atoms with E-state index in [1.165, 1.54) is 0 Å². The summed E-state index contributed by atoms with van der Waals surface area (Å²) in [5.41, 5.74) is 0. The molecule has 0 spiro atoms. The third kappa shape index (κ3) is 6.32. The molecule has 0 aliphatic heterocycles. The molecule has 0 bridgehead atoms. The minimum atomic E-state index is -0.0772. The molecule has 2 nitrogen and oxygen atoms in total. The monoisotopic (exact) mass is 256 g/mol. The van der Waals surface area contributed by atoms with Gasteiger partial charge in [-0.15, -0.1) is 0 Å². The molecule has 0 fully saturated rings. The Morgan fingerprint density at radius 2 is 2.20 bits per heavy atom. The predicted molar refractivity (Wildman–Crippen MR) is 49.3 cm³/mol. The van der Waals surface area contributed by atoms with Crippen molar-refractivity contribution in [1.29, 1.82) is 0 Å². The number of hydrogen-bond donors (Lipinski definition) is 0. The van der Waals surface area contributed by atoms with Crippen LogP contribution in [0.4, 0.5) is 0 Å². The Bertz CT molecular complexity index is 102. The highest BCUT2D eigenvalue weighted by Crippen LogP contribution is 1.98. The second kappa shape index (κ2) is 5.95. The number of carbonyl (C=O) groups is 1. The fourth-order valence-electron chi connectivity index (χ4n) is 0.533. The Morgan fingerprint density at radius 3 is 2.60 bits per heavy atom. The number of esters is 1. The quantitative estimate of drug-likeness (QED) is 0.437. The minimum absolute atomic E-state index is 0.0294. The number of rotatable bonds is 4. The summed E-state index contributed by atoms with van der Waals surface area (Å²) in [4.78, 5) is 10.8. The molecule has 0 amide bonds. The van der Waals surface area contributed by atoms with Crippen molar-refractivity contribution in [2.24, 2.45) is 0 Å². The second-order valence-corrected chi connectivity index (χ2v) is 3.41. The molecule has 0 aliphatic carbocycles. The molecular weight excluding hydrogens is 243 g/mol. The van der Waals surface area contributed by atoms with Gasteiger partial charge in [0.05, 0.1) is 6.10 Å². The number of alkyl halides is 1. The molecule has 0 aromatic carbocycles. The van der Waals surface area contributed by atoms with Crippen LogP contribution in [0, 0.1) is 0 Å². The van der Waals surface area contributed by atoms with Crippen LogP contribution in [0.3, 0.4) is 0 Å². The summed E-state index contributed by atoms with van der Waals surface area (Å²) in [5, 5.41) is 0. The normalized spacial score (nSPS) is 10.0. The van der Waals surface area contributed by atoms with Gasteiger partial charge in [0, 0.05) is 10.8 Å². The summed E-state index contributed by atoms with van der Waals surface area (Å²) in [5.74, 6) is -0.0772. The topological polar surface area (TPSA) is 26.3 Å². The van der Waals surface area contributed by atoms with Gasteiger partial charge in [-0.1, -0.05) is 22.6 Å². The Morgan fingerprint density at radius 1 is 1.60 bits per heavy atom. The third-order valence-electron chi connectivity index (χ3n) is 0.882. The van der Waals surface area contributed by atoms with Crippen LogP contribution >= 0.6 is 22.6 Å². The molecule has 0 radical (unpaired) electrons. The van der Waals surface area contributed by atoms with E-state index in [2.05, 4.69) is 22.6 Å². The smallest absolute Gasteiger partial charge is 0.306 e. The summed E-state index contributed by atoms with van der Waals surface area (Å²) in [7, 11) is 0. The first-order valence-corrected chi connectivity index (χ1v) is 4.95. The molecule has 10 heavy (non-hydrogen) atoms. The van der Waals surface area contributed by atoms with Crippen LogP contribution in [-0.2, 0) is 9.53 Å². The number of ether oxygens (including phenoxy) is 1. The molecule has 0 aromatic heterocycles. The molecule has 3 heteroatoms. The van der Waals surface area contributed by atoms with Gasteiger partial charge in [-0.05, 0) is 20.3 Å². The van der Waals surface area contributed by atoms with Crippen molar-refractivity contribution in [3.05, 3.63) is 0 Å². The van der Waals surface area contributed by atoms with E-state index in [1.54, 1.807) is 0 Å². The third-order valence-corrected chi connectivity index (χ3v) is 1.64. The molecule has 60 valence electrons. The standard InChI is InChI=1S/C7H13IO2/c1-6(2)10-7(9)4-3-5-8/h6H,3-5H2,1-2H3. The Hall–Kier alpha value is 0.200. The van der Waals surface area contributed by atoms with E-state index in [9.17, 15) is 4.79 Å². The average Bonchev–Trinajstić information content (AvgIpc) is 1.82. The van der Waals surface area contributed by atoms with Gasteiger partial charge in [0.1, 0.15) is 0 Å². The summed E-state index contributed by atoms with van der Waals surface area (Å²) in [6.07, 6.45) is 1.51. The Labute approximate surface area is 75.5 Å². The second-order valence-electron chi connectivity index (χ2n) is 2.33. The summed E-state index contributed by atoms with van der Waals surface area (Å²) < 4.78 is 5.93. The zero-order chi connectivity index (χ0) is 7.98.